The van der Waals surface area contributed by atoms with Gasteiger partial charge in [0.15, 0.2) is 6.23 Å². The van der Waals surface area contributed by atoms with E-state index in [1.54, 1.807) is 0 Å². The number of unbranched alkanes of at least 4 members (excludes halogenated alkanes) is 1. The smallest absolute Gasteiger partial charge is 0.154 e. The lowest BCUT2D eigenvalue weighted by atomic mass is 9.95. The van der Waals surface area contributed by atoms with Gasteiger partial charge in [-0.3, -0.25) is 4.84 Å². The fourth-order valence-electron chi connectivity index (χ4n) is 2.33. The quantitative estimate of drug-likeness (QED) is 0.622. The van der Waals surface area contributed by atoms with Crippen molar-refractivity contribution in [3.8, 4) is 0 Å². The fraction of sp³-hybridized carbons (Fsp3) is 1.00. The van der Waals surface area contributed by atoms with Gasteiger partial charge in [-0.25, -0.2) is 0 Å². The topological polar surface area (TPSA) is 15.5 Å². The molecule has 0 aromatic rings. The Bertz CT molecular complexity index is 154. The van der Waals surface area contributed by atoms with Crippen LogP contribution in [0.3, 0.4) is 0 Å². The van der Waals surface area contributed by atoms with Gasteiger partial charge in [0.1, 0.15) is 0 Å². The Labute approximate surface area is 81.2 Å². The van der Waals surface area contributed by atoms with Crippen LogP contribution in [-0.2, 0) is 4.84 Å². The summed E-state index contributed by atoms with van der Waals surface area (Å²) < 4.78 is 0. The third-order valence-corrected chi connectivity index (χ3v) is 3.22. The predicted molar refractivity (Wildman–Crippen MR) is 53.1 cm³/mol. The Balaban J connectivity index is 1.66. The molecule has 2 nitrogen and oxygen atoms in total. The van der Waals surface area contributed by atoms with Crippen LogP contribution in [0.15, 0.2) is 0 Å². The van der Waals surface area contributed by atoms with Gasteiger partial charge in [-0.1, -0.05) is 32.6 Å². The molecular formula is C11H21NO. The lowest BCUT2D eigenvalue weighted by molar-refractivity contribution is 0.119. The molecule has 1 saturated carbocycles. The van der Waals surface area contributed by atoms with E-state index in [1.165, 1.54) is 51.4 Å². The van der Waals surface area contributed by atoms with Crippen LogP contribution in [0.1, 0.15) is 58.3 Å². The molecule has 76 valence electrons. The summed E-state index contributed by atoms with van der Waals surface area (Å²) in [6.45, 7) is 2.24. The number of rotatable bonds is 4. The van der Waals surface area contributed by atoms with Crippen LogP contribution in [0.2, 0.25) is 0 Å². The van der Waals surface area contributed by atoms with Crippen molar-refractivity contribution in [3.63, 3.8) is 0 Å². The van der Waals surface area contributed by atoms with E-state index in [9.17, 15) is 0 Å². The van der Waals surface area contributed by atoms with Crippen molar-refractivity contribution in [2.24, 2.45) is 0 Å². The van der Waals surface area contributed by atoms with Crippen LogP contribution in [-0.4, -0.2) is 17.3 Å². The van der Waals surface area contributed by atoms with Gasteiger partial charge in [0.05, 0.1) is 0 Å². The van der Waals surface area contributed by atoms with Gasteiger partial charge in [0.2, 0.25) is 0 Å². The Morgan fingerprint density at radius 3 is 2.69 bits per heavy atom. The third-order valence-electron chi connectivity index (χ3n) is 3.22. The molecule has 0 aromatic heterocycles. The molecule has 2 fully saturated rings. The number of hydroxylamine groups is 2. The second-order valence-corrected chi connectivity index (χ2v) is 4.35. The summed E-state index contributed by atoms with van der Waals surface area (Å²) in [7, 11) is 0. The maximum atomic E-state index is 5.59. The van der Waals surface area contributed by atoms with Crippen molar-refractivity contribution in [1.29, 1.82) is 0 Å². The summed E-state index contributed by atoms with van der Waals surface area (Å²) in [6.07, 6.45) is 11.3. The molecule has 2 atom stereocenters. The minimum Gasteiger partial charge on any atom is -0.275 e. The SMILES string of the molecule is CCCCC1ON1C1CCCCC1. The zero-order valence-electron chi connectivity index (χ0n) is 8.67. The first-order chi connectivity index (χ1) is 6.42. The molecule has 2 aliphatic rings. The first-order valence-corrected chi connectivity index (χ1v) is 5.87. The van der Waals surface area contributed by atoms with Crippen molar-refractivity contribution in [2.75, 3.05) is 0 Å². The minimum absolute atomic E-state index is 0.489. The van der Waals surface area contributed by atoms with E-state index in [4.69, 9.17) is 4.84 Å². The summed E-state index contributed by atoms with van der Waals surface area (Å²) in [5.74, 6) is 0. The van der Waals surface area contributed by atoms with Crippen LogP contribution < -0.4 is 0 Å². The van der Waals surface area contributed by atoms with Crippen LogP contribution in [0.5, 0.6) is 0 Å². The van der Waals surface area contributed by atoms with Crippen molar-refractivity contribution in [1.82, 2.24) is 5.06 Å². The number of nitrogens with zero attached hydrogens (tertiary/aromatic N) is 1. The zero-order chi connectivity index (χ0) is 9.10. The normalized spacial score (nSPS) is 34.8. The van der Waals surface area contributed by atoms with Crippen molar-refractivity contribution in [2.45, 2.75) is 70.6 Å². The third kappa shape index (κ3) is 2.44. The monoisotopic (exact) mass is 183 g/mol. The summed E-state index contributed by atoms with van der Waals surface area (Å²) in [6, 6.07) is 0.760. The van der Waals surface area contributed by atoms with E-state index >= 15 is 0 Å². The summed E-state index contributed by atoms with van der Waals surface area (Å²) in [5, 5.41) is 2.26. The molecule has 2 unspecified atom stereocenters. The van der Waals surface area contributed by atoms with E-state index in [0.717, 1.165) is 6.04 Å². The average Bonchev–Trinajstić information content (AvgIpc) is 2.95. The highest BCUT2D eigenvalue weighted by Gasteiger charge is 2.41. The van der Waals surface area contributed by atoms with Crippen LogP contribution in [0, 0.1) is 0 Å². The molecule has 1 aliphatic carbocycles. The molecule has 2 rings (SSSR count). The second-order valence-electron chi connectivity index (χ2n) is 4.35. The zero-order valence-corrected chi connectivity index (χ0v) is 8.67. The second kappa shape index (κ2) is 4.43. The molecule has 0 amide bonds. The van der Waals surface area contributed by atoms with Gasteiger partial charge < -0.3 is 0 Å². The molecule has 2 heteroatoms. The lowest BCUT2D eigenvalue weighted by Crippen LogP contribution is -2.23. The van der Waals surface area contributed by atoms with E-state index in [1.807, 2.05) is 0 Å². The number of hydrogen-bond acceptors (Lipinski definition) is 2. The van der Waals surface area contributed by atoms with E-state index in [2.05, 4.69) is 12.0 Å². The Hall–Kier alpha value is -0.0800. The standard InChI is InChI=1S/C11H21NO/c1-2-3-9-11-12(13-11)10-7-5-4-6-8-10/h10-11H,2-9H2,1H3. The van der Waals surface area contributed by atoms with Gasteiger partial charge in [-0.05, 0) is 25.7 Å². The molecule has 0 spiro atoms. The van der Waals surface area contributed by atoms with Crippen LogP contribution in [0.25, 0.3) is 0 Å². The minimum atomic E-state index is 0.489. The van der Waals surface area contributed by atoms with Gasteiger partial charge in [0.25, 0.3) is 0 Å². The van der Waals surface area contributed by atoms with E-state index < -0.39 is 0 Å². The molecule has 1 heterocycles. The van der Waals surface area contributed by atoms with Gasteiger partial charge in [-0.15, -0.1) is 0 Å². The molecule has 0 bridgehead atoms. The van der Waals surface area contributed by atoms with Gasteiger partial charge in [0, 0.05) is 6.04 Å². The Morgan fingerprint density at radius 1 is 1.23 bits per heavy atom. The molecule has 1 aliphatic heterocycles. The number of hydrogen-bond donors (Lipinski definition) is 0. The molecule has 0 radical (unpaired) electrons. The van der Waals surface area contributed by atoms with Crippen LogP contribution >= 0.6 is 0 Å². The van der Waals surface area contributed by atoms with Crippen molar-refractivity contribution >= 4 is 0 Å². The summed E-state index contributed by atoms with van der Waals surface area (Å²) in [4.78, 5) is 5.59. The first-order valence-electron chi connectivity index (χ1n) is 5.87. The molecule has 1 saturated heterocycles. The van der Waals surface area contributed by atoms with E-state index in [0.29, 0.717) is 6.23 Å². The van der Waals surface area contributed by atoms with Crippen molar-refractivity contribution < 1.29 is 4.84 Å². The summed E-state index contributed by atoms with van der Waals surface area (Å²) in [5.41, 5.74) is 0. The van der Waals surface area contributed by atoms with Gasteiger partial charge in [-0.2, -0.15) is 5.06 Å². The first kappa shape index (κ1) is 9.47. The van der Waals surface area contributed by atoms with Crippen molar-refractivity contribution in [3.05, 3.63) is 0 Å². The maximum Gasteiger partial charge on any atom is 0.154 e. The highest BCUT2D eigenvalue weighted by molar-refractivity contribution is 4.79. The fourth-order valence-corrected chi connectivity index (χ4v) is 2.33. The highest BCUT2D eigenvalue weighted by atomic mass is 16.8. The van der Waals surface area contributed by atoms with E-state index in [-0.39, 0.29) is 0 Å². The summed E-state index contributed by atoms with van der Waals surface area (Å²) >= 11 is 0. The van der Waals surface area contributed by atoms with Crippen LogP contribution in [0.4, 0.5) is 0 Å². The maximum absolute atomic E-state index is 5.59. The Kier molecular flexibility index (Phi) is 3.23. The molecule has 0 N–H and O–H groups in total. The lowest BCUT2D eigenvalue weighted by Gasteiger charge is -2.20. The molecule has 13 heavy (non-hydrogen) atoms. The van der Waals surface area contributed by atoms with Gasteiger partial charge >= 0.3 is 0 Å². The molecule has 0 aromatic carbocycles. The molecular weight excluding hydrogens is 162 g/mol. The average molecular weight is 183 g/mol. The highest BCUT2D eigenvalue weighted by Crippen LogP contribution is 2.34. The largest absolute Gasteiger partial charge is 0.275 e. The Morgan fingerprint density at radius 2 is 2.00 bits per heavy atom. The predicted octanol–water partition coefficient (Wildman–Crippen LogP) is 3.08.